The monoisotopic (exact) mass is 279 g/mol. The molecule has 6 nitrogen and oxygen atoms in total. The summed E-state index contributed by atoms with van der Waals surface area (Å²) in [6.45, 7) is 5.06. The van der Waals surface area contributed by atoms with Gasteiger partial charge in [-0.2, -0.15) is 4.98 Å². The van der Waals surface area contributed by atoms with Gasteiger partial charge in [0.2, 0.25) is 5.88 Å². The van der Waals surface area contributed by atoms with Crippen LogP contribution in [0.15, 0.2) is 12.4 Å². The van der Waals surface area contributed by atoms with Crippen molar-refractivity contribution < 1.29 is 14.3 Å². The van der Waals surface area contributed by atoms with E-state index in [1.165, 1.54) is 0 Å². The van der Waals surface area contributed by atoms with Crippen molar-refractivity contribution in [1.29, 1.82) is 0 Å². The van der Waals surface area contributed by atoms with Crippen molar-refractivity contribution in [3.8, 4) is 5.88 Å². The standard InChI is InChI=1S/C14H21N3O3/c1-3-7-20-13-9-15-8-12(16-13)17(11-5-6-11)10-14(18)19-4-2/h8-9,11H,3-7,10H2,1-2H3. The van der Waals surface area contributed by atoms with E-state index in [0.29, 0.717) is 31.0 Å². The summed E-state index contributed by atoms with van der Waals surface area (Å²) in [4.78, 5) is 22.2. The molecule has 0 atom stereocenters. The molecule has 1 fully saturated rings. The maximum Gasteiger partial charge on any atom is 0.325 e. The van der Waals surface area contributed by atoms with Crippen LogP contribution in [0.3, 0.4) is 0 Å². The van der Waals surface area contributed by atoms with E-state index in [-0.39, 0.29) is 12.5 Å². The van der Waals surface area contributed by atoms with Gasteiger partial charge in [0.15, 0.2) is 5.82 Å². The number of esters is 1. The van der Waals surface area contributed by atoms with Crippen molar-refractivity contribution in [2.24, 2.45) is 0 Å². The molecule has 110 valence electrons. The fourth-order valence-electron chi connectivity index (χ4n) is 1.88. The minimum Gasteiger partial charge on any atom is -0.477 e. The first-order valence-electron chi connectivity index (χ1n) is 7.11. The highest BCUT2D eigenvalue weighted by Gasteiger charge is 2.32. The average Bonchev–Trinajstić information content (AvgIpc) is 3.28. The molecule has 0 radical (unpaired) electrons. The van der Waals surface area contributed by atoms with E-state index in [4.69, 9.17) is 9.47 Å². The predicted molar refractivity (Wildman–Crippen MR) is 74.8 cm³/mol. The number of nitrogens with zero attached hydrogens (tertiary/aromatic N) is 3. The van der Waals surface area contributed by atoms with Gasteiger partial charge in [0.1, 0.15) is 6.54 Å². The number of ether oxygens (including phenoxy) is 2. The Hall–Kier alpha value is -1.85. The highest BCUT2D eigenvalue weighted by Crippen LogP contribution is 2.30. The SMILES string of the molecule is CCCOc1cncc(N(CC(=O)OCC)C2CC2)n1. The molecule has 0 saturated heterocycles. The Balaban J connectivity index is 2.06. The molecule has 0 unspecified atom stereocenters. The Kier molecular flexibility index (Phi) is 5.15. The topological polar surface area (TPSA) is 64.5 Å². The quantitative estimate of drug-likeness (QED) is 0.676. The summed E-state index contributed by atoms with van der Waals surface area (Å²) in [5.41, 5.74) is 0. The van der Waals surface area contributed by atoms with Crippen molar-refractivity contribution >= 4 is 11.8 Å². The maximum atomic E-state index is 11.7. The Morgan fingerprint density at radius 2 is 2.20 bits per heavy atom. The second-order valence-electron chi connectivity index (χ2n) is 4.73. The number of carbonyl (C=O) groups excluding carboxylic acids is 1. The van der Waals surface area contributed by atoms with E-state index in [9.17, 15) is 4.79 Å². The van der Waals surface area contributed by atoms with Gasteiger partial charge in [-0.25, -0.2) is 0 Å². The highest BCUT2D eigenvalue weighted by atomic mass is 16.5. The third kappa shape index (κ3) is 4.08. The summed E-state index contributed by atoms with van der Waals surface area (Å²) >= 11 is 0. The van der Waals surface area contributed by atoms with E-state index in [0.717, 1.165) is 19.3 Å². The molecule has 0 N–H and O–H groups in total. The molecular weight excluding hydrogens is 258 g/mol. The van der Waals surface area contributed by atoms with Gasteiger partial charge in [0.25, 0.3) is 0 Å². The zero-order valence-corrected chi connectivity index (χ0v) is 12.0. The molecule has 1 aliphatic rings. The molecule has 0 aromatic carbocycles. The van der Waals surface area contributed by atoms with Crippen LogP contribution in [0, 0.1) is 0 Å². The molecule has 6 heteroatoms. The van der Waals surface area contributed by atoms with E-state index in [2.05, 4.69) is 9.97 Å². The molecule has 0 bridgehead atoms. The van der Waals surface area contributed by atoms with Crippen LogP contribution in [-0.2, 0) is 9.53 Å². The number of hydrogen-bond donors (Lipinski definition) is 0. The molecule has 0 spiro atoms. The summed E-state index contributed by atoms with van der Waals surface area (Å²) < 4.78 is 10.5. The van der Waals surface area contributed by atoms with Crippen LogP contribution in [0.5, 0.6) is 5.88 Å². The fourth-order valence-corrected chi connectivity index (χ4v) is 1.88. The molecule has 1 aromatic heterocycles. The number of hydrogen-bond acceptors (Lipinski definition) is 6. The van der Waals surface area contributed by atoms with Gasteiger partial charge >= 0.3 is 5.97 Å². The lowest BCUT2D eigenvalue weighted by atomic mass is 10.4. The van der Waals surface area contributed by atoms with Crippen LogP contribution >= 0.6 is 0 Å². The minimum absolute atomic E-state index is 0.213. The largest absolute Gasteiger partial charge is 0.477 e. The molecule has 0 aliphatic heterocycles. The lowest BCUT2D eigenvalue weighted by molar-refractivity contribution is -0.141. The smallest absolute Gasteiger partial charge is 0.325 e. The maximum absolute atomic E-state index is 11.7. The van der Waals surface area contributed by atoms with Crippen molar-refractivity contribution in [2.75, 3.05) is 24.7 Å². The number of carbonyl (C=O) groups is 1. The molecule has 20 heavy (non-hydrogen) atoms. The van der Waals surface area contributed by atoms with E-state index >= 15 is 0 Å². The van der Waals surface area contributed by atoms with Crippen LogP contribution in [-0.4, -0.2) is 41.7 Å². The summed E-state index contributed by atoms with van der Waals surface area (Å²) in [6, 6.07) is 0.357. The van der Waals surface area contributed by atoms with Crippen LogP contribution in [0.2, 0.25) is 0 Å². The van der Waals surface area contributed by atoms with Gasteiger partial charge in [-0.1, -0.05) is 6.92 Å². The molecule has 1 aromatic rings. The third-order valence-electron chi connectivity index (χ3n) is 2.94. The fraction of sp³-hybridized carbons (Fsp3) is 0.643. The number of anilines is 1. The number of aromatic nitrogens is 2. The zero-order chi connectivity index (χ0) is 14.4. The average molecular weight is 279 g/mol. The van der Waals surface area contributed by atoms with Crippen LogP contribution < -0.4 is 9.64 Å². The second-order valence-corrected chi connectivity index (χ2v) is 4.73. The third-order valence-corrected chi connectivity index (χ3v) is 2.94. The van der Waals surface area contributed by atoms with Crippen LogP contribution in [0.1, 0.15) is 33.1 Å². The summed E-state index contributed by atoms with van der Waals surface area (Å²) in [7, 11) is 0. The summed E-state index contributed by atoms with van der Waals surface area (Å²) in [6.07, 6.45) is 6.31. The van der Waals surface area contributed by atoms with Gasteiger partial charge in [0, 0.05) is 6.04 Å². The first-order chi connectivity index (χ1) is 9.74. The van der Waals surface area contributed by atoms with Gasteiger partial charge < -0.3 is 14.4 Å². The summed E-state index contributed by atoms with van der Waals surface area (Å²) in [5, 5.41) is 0. The Bertz CT molecular complexity index is 449. The molecule has 0 amide bonds. The first-order valence-corrected chi connectivity index (χ1v) is 7.11. The van der Waals surface area contributed by atoms with Crippen molar-refractivity contribution in [3.05, 3.63) is 12.4 Å². The van der Waals surface area contributed by atoms with Crippen LogP contribution in [0.25, 0.3) is 0 Å². The highest BCUT2D eigenvalue weighted by molar-refractivity contribution is 5.75. The lowest BCUT2D eigenvalue weighted by Gasteiger charge is -2.22. The Morgan fingerprint density at radius 1 is 1.40 bits per heavy atom. The predicted octanol–water partition coefficient (Wildman–Crippen LogP) is 1.80. The molecule has 1 saturated carbocycles. The second kappa shape index (κ2) is 7.07. The molecular formula is C14H21N3O3. The van der Waals surface area contributed by atoms with Crippen LogP contribution in [0.4, 0.5) is 5.82 Å². The van der Waals surface area contributed by atoms with Gasteiger partial charge in [-0.3, -0.25) is 9.78 Å². The van der Waals surface area contributed by atoms with Crippen molar-refractivity contribution in [3.63, 3.8) is 0 Å². The van der Waals surface area contributed by atoms with Gasteiger partial charge in [0.05, 0.1) is 25.6 Å². The van der Waals surface area contributed by atoms with Gasteiger partial charge in [-0.15, -0.1) is 0 Å². The lowest BCUT2D eigenvalue weighted by Crippen LogP contribution is -2.33. The molecule has 1 aliphatic carbocycles. The van der Waals surface area contributed by atoms with Crippen molar-refractivity contribution in [1.82, 2.24) is 9.97 Å². The Morgan fingerprint density at radius 3 is 2.85 bits per heavy atom. The van der Waals surface area contributed by atoms with E-state index in [1.54, 1.807) is 19.3 Å². The normalized spacial score (nSPS) is 13.9. The zero-order valence-electron chi connectivity index (χ0n) is 12.0. The molecule has 2 rings (SSSR count). The first kappa shape index (κ1) is 14.6. The van der Waals surface area contributed by atoms with Gasteiger partial charge in [-0.05, 0) is 26.2 Å². The van der Waals surface area contributed by atoms with E-state index in [1.807, 2.05) is 11.8 Å². The minimum atomic E-state index is -0.235. The van der Waals surface area contributed by atoms with Crippen molar-refractivity contribution in [2.45, 2.75) is 39.2 Å². The molecule has 1 heterocycles. The van der Waals surface area contributed by atoms with E-state index < -0.39 is 0 Å². The number of rotatable bonds is 8. The Labute approximate surface area is 119 Å². The summed E-state index contributed by atoms with van der Waals surface area (Å²) in [5.74, 6) is 0.939.